The van der Waals surface area contributed by atoms with Crippen LogP contribution in [0, 0.1) is 13.8 Å². The van der Waals surface area contributed by atoms with Gasteiger partial charge >= 0.3 is 0 Å². The molecular weight excluding hydrogens is 428 g/mol. The Kier molecular flexibility index (Phi) is 5.43. The molecule has 7 heteroatoms. The highest BCUT2D eigenvalue weighted by atomic mass is 79.9. The maximum Gasteiger partial charge on any atom is 0.257 e. The Morgan fingerprint density at radius 3 is 2.26 bits per heavy atom. The Morgan fingerprint density at radius 1 is 0.963 bits per heavy atom. The molecule has 1 heterocycles. The molecule has 0 aliphatic carbocycles. The van der Waals surface area contributed by atoms with E-state index in [0.717, 1.165) is 15.6 Å². The van der Waals surface area contributed by atoms with Crippen molar-refractivity contribution in [3.05, 3.63) is 82.0 Å². The summed E-state index contributed by atoms with van der Waals surface area (Å²) in [5.41, 5.74) is 3.16. The van der Waals surface area contributed by atoms with Crippen molar-refractivity contribution >= 4 is 37.4 Å². The van der Waals surface area contributed by atoms with E-state index in [2.05, 4.69) is 26.2 Å². The summed E-state index contributed by atoms with van der Waals surface area (Å²) in [5.74, 6) is -0.349. The number of pyridine rings is 1. The molecule has 0 spiro atoms. The van der Waals surface area contributed by atoms with Crippen LogP contribution < -0.4 is 5.32 Å². The number of aryl methyl sites for hydroxylation is 2. The normalized spacial score (nSPS) is 11.2. The minimum absolute atomic E-state index is 0.104. The molecular formula is C20H17BrN2O3S. The van der Waals surface area contributed by atoms with Crippen LogP contribution >= 0.6 is 15.9 Å². The Labute approximate surface area is 166 Å². The van der Waals surface area contributed by atoms with Crippen molar-refractivity contribution in [2.75, 3.05) is 5.32 Å². The van der Waals surface area contributed by atoms with Crippen LogP contribution in [0.25, 0.3) is 0 Å². The molecule has 1 aromatic heterocycles. The van der Waals surface area contributed by atoms with Gasteiger partial charge in [0.2, 0.25) is 9.84 Å². The number of halogens is 1. The molecule has 3 aromatic rings. The molecule has 0 atom stereocenters. The van der Waals surface area contributed by atoms with Crippen molar-refractivity contribution in [1.29, 1.82) is 0 Å². The second kappa shape index (κ2) is 7.62. The average Bonchev–Trinajstić information content (AvgIpc) is 2.65. The number of sulfone groups is 1. The Balaban J connectivity index is 1.81. The van der Waals surface area contributed by atoms with Gasteiger partial charge in [-0.15, -0.1) is 0 Å². The predicted molar refractivity (Wildman–Crippen MR) is 108 cm³/mol. The van der Waals surface area contributed by atoms with Crippen LogP contribution in [0.3, 0.4) is 0 Å². The Bertz CT molecular complexity index is 1090. The van der Waals surface area contributed by atoms with Crippen LogP contribution in [-0.4, -0.2) is 19.3 Å². The Hall–Kier alpha value is -2.51. The smallest absolute Gasteiger partial charge is 0.257 e. The summed E-state index contributed by atoms with van der Waals surface area (Å²) in [6.07, 6.45) is 1.27. The zero-order valence-corrected chi connectivity index (χ0v) is 17.1. The first-order valence-corrected chi connectivity index (χ1v) is 10.4. The van der Waals surface area contributed by atoms with Crippen LogP contribution in [-0.2, 0) is 9.84 Å². The average molecular weight is 445 g/mol. The lowest BCUT2D eigenvalue weighted by Gasteiger charge is -2.08. The van der Waals surface area contributed by atoms with Crippen molar-refractivity contribution in [1.82, 2.24) is 4.98 Å². The lowest BCUT2D eigenvalue weighted by atomic mass is 10.1. The third-order valence-electron chi connectivity index (χ3n) is 4.16. The predicted octanol–water partition coefficient (Wildman–Crippen LogP) is 4.55. The second-order valence-corrected chi connectivity index (χ2v) is 8.91. The first-order valence-electron chi connectivity index (χ1n) is 8.13. The van der Waals surface area contributed by atoms with Crippen LogP contribution in [0.5, 0.6) is 0 Å². The van der Waals surface area contributed by atoms with Crippen molar-refractivity contribution < 1.29 is 13.2 Å². The number of hydrogen-bond acceptors (Lipinski definition) is 4. The van der Waals surface area contributed by atoms with Gasteiger partial charge < -0.3 is 5.32 Å². The maximum absolute atomic E-state index is 12.6. The van der Waals surface area contributed by atoms with Gasteiger partial charge in [0.05, 0.1) is 10.5 Å². The molecule has 0 saturated heterocycles. The maximum atomic E-state index is 12.6. The number of nitrogens with one attached hydrogen (secondary N) is 1. The number of rotatable bonds is 4. The highest BCUT2D eigenvalue weighted by Gasteiger charge is 2.19. The number of anilines is 1. The molecule has 0 unspecified atom stereocenters. The molecule has 0 saturated carbocycles. The number of amides is 1. The van der Waals surface area contributed by atoms with Gasteiger partial charge in [-0.3, -0.25) is 4.79 Å². The largest absolute Gasteiger partial charge is 0.322 e. The monoisotopic (exact) mass is 444 g/mol. The van der Waals surface area contributed by atoms with E-state index in [9.17, 15) is 13.2 Å². The summed E-state index contributed by atoms with van der Waals surface area (Å²) in [5, 5.41) is 2.68. The summed E-state index contributed by atoms with van der Waals surface area (Å²) in [6.45, 7) is 3.96. The molecule has 138 valence electrons. The van der Waals surface area contributed by atoms with Crippen molar-refractivity contribution in [3.8, 4) is 0 Å². The molecule has 1 amide bonds. The lowest BCUT2D eigenvalue weighted by molar-refractivity contribution is 0.102. The molecule has 0 bridgehead atoms. The standard InChI is InChI=1S/C20H17BrN2O3S/c1-13-3-7-17(11-14(13)2)23-20(24)15-4-10-19(22-12-15)27(25,26)18-8-5-16(21)6-9-18/h3-12H,1-2H3,(H,23,24). The molecule has 27 heavy (non-hydrogen) atoms. The van der Waals surface area contributed by atoms with E-state index in [4.69, 9.17) is 0 Å². The SMILES string of the molecule is Cc1ccc(NC(=O)c2ccc(S(=O)(=O)c3ccc(Br)cc3)nc2)cc1C. The lowest BCUT2D eigenvalue weighted by Crippen LogP contribution is -2.13. The topological polar surface area (TPSA) is 76.1 Å². The van der Waals surface area contributed by atoms with E-state index in [1.165, 1.54) is 30.5 Å². The molecule has 1 N–H and O–H groups in total. The van der Waals surface area contributed by atoms with E-state index in [0.29, 0.717) is 5.69 Å². The van der Waals surface area contributed by atoms with E-state index < -0.39 is 9.84 Å². The van der Waals surface area contributed by atoms with Gasteiger partial charge in [-0.25, -0.2) is 13.4 Å². The Morgan fingerprint density at radius 2 is 1.67 bits per heavy atom. The quantitative estimate of drug-likeness (QED) is 0.640. The number of nitrogens with zero attached hydrogens (tertiary/aromatic N) is 1. The third kappa shape index (κ3) is 4.26. The number of carbonyl (C=O) groups is 1. The van der Waals surface area contributed by atoms with Gasteiger partial charge in [-0.2, -0.15) is 0 Å². The minimum Gasteiger partial charge on any atom is -0.322 e. The first kappa shape index (κ1) is 19.3. The summed E-state index contributed by atoms with van der Waals surface area (Å²) >= 11 is 3.27. The van der Waals surface area contributed by atoms with E-state index in [1.54, 1.807) is 12.1 Å². The summed E-state index contributed by atoms with van der Waals surface area (Å²) in [4.78, 5) is 16.5. The van der Waals surface area contributed by atoms with E-state index in [1.807, 2.05) is 32.0 Å². The van der Waals surface area contributed by atoms with Gasteiger partial charge in [0.1, 0.15) is 0 Å². The highest BCUT2D eigenvalue weighted by Crippen LogP contribution is 2.21. The van der Waals surface area contributed by atoms with Gasteiger partial charge in [-0.05, 0) is 73.5 Å². The summed E-state index contributed by atoms with van der Waals surface area (Å²) < 4.78 is 26.0. The van der Waals surface area contributed by atoms with Gasteiger partial charge in [-0.1, -0.05) is 22.0 Å². The minimum atomic E-state index is -3.73. The molecule has 0 aliphatic heterocycles. The highest BCUT2D eigenvalue weighted by molar-refractivity contribution is 9.10. The number of benzene rings is 2. The number of carbonyl (C=O) groups excluding carboxylic acids is 1. The molecule has 0 fully saturated rings. The second-order valence-electron chi connectivity index (χ2n) is 6.10. The zero-order valence-electron chi connectivity index (χ0n) is 14.7. The van der Waals surface area contributed by atoms with Gasteiger partial charge in [0.15, 0.2) is 5.03 Å². The summed E-state index contributed by atoms with van der Waals surface area (Å²) in [7, 11) is -3.73. The van der Waals surface area contributed by atoms with Crippen LogP contribution in [0.15, 0.2) is 75.2 Å². The number of aromatic nitrogens is 1. The molecule has 0 aliphatic rings. The van der Waals surface area contributed by atoms with Crippen LogP contribution in [0.2, 0.25) is 0 Å². The zero-order chi connectivity index (χ0) is 19.6. The first-order chi connectivity index (χ1) is 12.8. The molecule has 0 radical (unpaired) electrons. The van der Waals surface area contributed by atoms with Crippen molar-refractivity contribution in [2.24, 2.45) is 0 Å². The number of hydrogen-bond donors (Lipinski definition) is 1. The van der Waals surface area contributed by atoms with Crippen molar-refractivity contribution in [3.63, 3.8) is 0 Å². The molecule has 5 nitrogen and oxygen atoms in total. The fraction of sp³-hybridized carbons (Fsp3) is 0.100. The fourth-order valence-electron chi connectivity index (χ4n) is 2.43. The molecule has 2 aromatic carbocycles. The summed E-state index contributed by atoms with van der Waals surface area (Å²) in [6, 6.07) is 14.7. The van der Waals surface area contributed by atoms with E-state index in [-0.39, 0.29) is 21.4 Å². The van der Waals surface area contributed by atoms with Gasteiger partial charge in [0.25, 0.3) is 5.91 Å². The van der Waals surface area contributed by atoms with E-state index >= 15 is 0 Å². The molecule has 3 rings (SSSR count). The van der Waals surface area contributed by atoms with Crippen LogP contribution in [0.1, 0.15) is 21.5 Å². The fourth-order valence-corrected chi connectivity index (χ4v) is 3.87. The van der Waals surface area contributed by atoms with Crippen molar-refractivity contribution in [2.45, 2.75) is 23.8 Å². The van der Waals surface area contributed by atoms with Gasteiger partial charge in [0, 0.05) is 16.4 Å². The third-order valence-corrected chi connectivity index (χ3v) is 6.38. The van der Waals surface area contributed by atoms with Crippen LogP contribution in [0.4, 0.5) is 5.69 Å².